The summed E-state index contributed by atoms with van der Waals surface area (Å²) >= 11 is 0. The lowest BCUT2D eigenvalue weighted by molar-refractivity contribution is -0.122. The normalized spacial score (nSPS) is 20.5. The lowest BCUT2D eigenvalue weighted by Crippen LogP contribution is -2.41. The van der Waals surface area contributed by atoms with Crippen molar-refractivity contribution in [1.29, 1.82) is 0 Å². The van der Waals surface area contributed by atoms with E-state index in [1.165, 1.54) is 0 Å². The summed E-state index contributed by atoms with van der Waals surface area (Å²) in [6.45, 7) is 0. The second kappa shape index (κ2) is 6.92. The molecule has 5 nitrogen and oxygen atoms in total. The quantitative estimate of drug-likeness (QED) is 0.744. The second-order valence-corrected chi connectivity index (χ2v) is 7.19. The first-order valence-corrected chi connectivity index (χ1v) is 9.03. The standard InChI is InChI=1S/C21H23N3O2/c1-24-13-17(12-22-24)21(16-9-18(25)10-16)23-20(26)11-15-7-4-6-14-5-2-3-8-19(14)15/h2-8,12-13,16,18,21,25H,9-11H2,1H3,(H,23,26)/t16?,18?,21-/m1/s1. The van der Waals surface area contributed by atoms with Crippen LogP contribution in [-0.2, 0) is 18.3 Å². The molecule has 1 heterocycles. The molecule has 1 aromatic heterocycles. The van der Waals surface area contributed by atoms with E-state index in [0.717, 1.165) is 21.9 Å². The van der Waals surface area contributed by atoms with Gasteiger partial charge >= 0.3 is 0 Å². The number of benzene rings is 2. The van der Waals surface area contributed by atoms with Gasteiger partial charge in [-0.25, -0.2) is 0 Å². The summed E-state index contributed by atoms with van der Waals surface area (Å²) in [6.07, 6.45) is 5.26. The first-order chi connectivity index (χ1) is 12.6. The Labute approximate surface area is 152 Å². The molecule has 3 aromatic rings. The number of amides is 1. The number of aromatic nitrogens is 2. The van der Waals surface area contributed by atoms with Crippen molar-refractivity contribution in [1.82, 2.24) is 15.1 Å². The molecule has 26 heavy (non-hydrogen) atoms. The average Bonchev–Trinajstić information content (AvgIpc) is 3.04. The van der Waals surface area contributed by atoms with E-state index >= 15 is 0 Å². The third-order valence-corrected chi connectivity index (χ3v) is 5.25. The van der Waals surface area contributed by atoms with Crippen LogP contribution in [0.2, 0.25) is 0 Å². The summed E-state index contributed by atoms with van der Waals surface area (Å²) in [4.78, 5) is 12.8. The maximum Gasteiger partial charge on any atom is 0.224 e. The van der Waals surface area contributed by atoms with Gasteiger partial charge in [0, 0.05) is 18.8 Å². The summed E-state index contributed by atoms with van der Waals surface area (Å²) in [5.41, 5.74) is 2.02. The van der Waals surface area contributed by atoms with Gasteiger partial charge in [0.05, 0.1) is 24.8 Å². The molecular formula is C21H23N3O2. The number of aliphatic hydroxyl groups is 1. The van der Waals surface area contributed by atoms with E-state index in [2.05, 4.69) is 28.6 Å². The Hall–Kier alpha value is -2.66. The second-order valence-electron chi connectivity index (χ2n) is 7.19. The minimum atomic E-state index is -0.255. The van der Waals surface area contributed by atoms with Crippen LogP contribution in [0.25, 0.3) is 10.8 Å². The van der Waals surface area contributed by atoms with Crippen molar-refractivity contribution in [2.45, 2.75) is 31.4 Å². The van der Waals surface area contributed by atoms with E-state index in [-0.39, 0.29) is 24.0 Å². The van der Waals surface area contributed by atoms with Gasteiger partial charge in [0.2, 0.25) is 5.91 Å². The van der Waals surface area contributed by atoms with Crippen molar-refractivity contribution in [3.63, 3.8) is 0 Å². The number of nitrogens with zero attached hydrogens (tertiary/aromatic N) is 2. The van der Waals surface area contributed by atoms with E-state index in [1.54, 1.807) is 10.9 Å². The summed E-state index contributed by atoms with van der Waals surface area (Å²) in [5.74, 6) is 0.252. The van der Waals surface area contributed by atoms with E-state index in [1.807, 2.05) is 37.5 Å². The maximum absolute atomic E-state index is 12.8. The van der Waals surface area contributed by atoms with Gasteiger partial charge < -0.3 is 10.4 Å². The fourth-order valence-electron chi connectivity index (χ4n) is 3.82. The molecule has 1 atom stereocenters. The van der Waals surface area contributed by atoms with E-state index in [9.17, 15) is 9.90 Å². The molecule has 1 aliphatic carbocycles. The molecule has 5 heteroatoms. The van der Waals surface area contributed by atoms with Crippen LogP contribution in [0, 0.1) is 5.92 Å². The molecular weight excluding hydrogens is 326 g/mol. The summed E-state index contributed by atoms with van der Waals surface area (Å²) < 4.78 is 1.74. The van der Waals surface area contributed by atoms with Crippen molar-refractivity contribution in [2.24, 2.45) is 13.0 Å². The molecule has 0 bridgehead atoms. The molecule has 1 aliphatic rings. The Morgan fingerprint density at radius 2 is 2.04 bits per heavy atom. The van der Waals surface area contributed by atoms with Gasteiger partial charge in [-0.05, 0) is 35.1 Å². The van der Waals surface area contributed by atoms with E-state index in [0.29, 0.717) is 19.3 Å². The van der Waals surface area contributed by atoms with Crippen LogP contribution in [0.1, 0.15) is 30.0 Å². The Bertz CT molecular complexity index is 922. The zero-order valence-corrected chi connectivity index (χ0v) is 14.8. The molecule has 0 aliphatic heterocycles. The summed E-state index contributed by atoms with van der Waals surface area (Å²) in [6, 6.07) is 14.1. The number of nitrogens with one attached hydrogen (secondary N) is 1. The van der Waals surface area contributed by atoms with Crippen molar-refractivity contribution in [2.75, 3.05) is 0 Å². The van der Waals surface area contributed by atoms with Gasteiger partial charge in [0.1, 0.15) is 0 Å². The topological polar surface area (TPSA) is 67.2 Å². The zero-order chi connectivity index (χ0) is 18.1. The highest BCUT2D eigenvalue weighted by Gasteiger charge is 2.36. The number of rotatable bonds is 5. The number of carbonyl (C=O) groups excluding carboxylic acids is 1. The van der Waals surface area contributed by atoms with Gasteiger partial charge in [-0.1, -0.05) is 42.5 Å². The molecule has 4 rings (SSSR count). The van der Waals surface area contributed by atoms with Gasteiger partial charge in [-0.2, -0.15) is 5.10 Å². The first kappa shape index (κ1) is 16.8. The van der Waals surface area contributed by atoms with Gasteiger partial charge in [0.15, 0.2) is 0 Å². The van der Waals surface area contributed by atoms with Gasteiger partial charge in [-0.3, -0.25) is 9.48 Å². The van der Waals surface area contributed by atoms with Crippen LogP contribution in [0.15, 0.2) is 54.9 Å². The summed E-state index contributed by atoms with van der Waals surface area (Å²) in [5, 5.41) is 19.3. The number of fused-ring (bicyclic) bond motifs is 1. The Morgan fingerprint density at radius 1 is 1.27 bits per heavy atom. The Morgan fingerprint density at radius 3 is 2.77 bits per heavy atom. The Balaban J connectivity index is 1.53. The maximum atomic E-state index is 12.8. The van der Waals surface area contributed by atoms with Crippen molar-refractivity contribution in [3.05, 3.63) is 66.0 Å². The lowest BCUT2D eigenvalue weighted by atomic mass is 9.75. The largest absolute Gasteiger partial charge is 0.393 e. The number of aryl methyl sites for hydroxylation is 1. The average molecular weight is 349 g/mol. The third kappa shape index (κ3) is 3.35. The predicted molar refractivity (Wildman–Crippen MR) is 100 cm³/mol. The van der Waals surface area contributed by atoms with Crippen LogP contribution in [0.3, 0.4) is 0 Å². The molecule has 0 radical (unpaired) electrons. The van der Waals surface area contributed by atoms with Crippen LogP contribution in [0.4, 0.5) is 0 Å². The number of carbonyl (C=O) groups is 1. The number of hydrogen-bond donors (Lipinski definition) is 2. The Kier molecular flexibility index (Phi) is 4.47. The van der Waals surface area contributed by atoms with Crippen molar-refractivity contribution >= 4 is 16.7 Å². The van der Waals surface area contributed by atoms with Crippen LogP contribution in [-0.4, -0.2) is 26.9 Å². The highest BCUT2D eigenvalue weighted by molar-refractivity contribution is 5.90. The predicted octanol–water partition coefficient (Wildman–Crippen LogP) is 2.74. The molecule has 0 unspecified atom stereocenters. The molecule has 1 fully saturated rings. The fourth-order valence-corrected chi connectivity index (χ4v) is 3.82. The fraction of sp³-hybridized carbons (Fsp3) is 0.333. The molecule has 134 valence electrons. The van der Waals surface area contributed by atoms with Crippen LogP contribution in [0.5, 0.6) is 0 Å². The molecule has 1 saturated carbocycles. The molecule has 2 aromatic carbocycles. The number of aliphatic hydroxyl groups excluding tert-OH is 1. The SMILES string of the molecule is Cn1cc([C@H](NC(=O)Cc2cccc3ccccc23)C2CC(O)C2)cn1. The lowest BCUT2D eigenvalue weighted by Gasteiger charge is -2.37. The zero-order valence-electron chi connectivity index (χ0n) is 14.8. The summed E-state index contributed by atoms with van der Waals surface area (Å²) in [7, 11) is 1.87. The first-order valence-electron chi connectivity index (χ1n) is 9.03. The highest BCUT2D eigenvalue weighted by atomic mass is 16.3. The van der Waals surface area contributed by atoms with Gasteiger partial charge in [-0.15, -0.1) is 0 Å². The molecule has 1 amide bonds. The minimum Gasteiger partial charge on any atom is -0.393 e. The molecule has 2 N–H and O–H groups in total. The minimum absolute atomic E-state index is 0.00315. The molecule has 0 saturated heterocycles. The highest BCUT2D eigenvalue weighted by Crippen LogP contribution is 2.38. The smallest absolute Gasteiger partial charge is 0.224 e. The van der Waals surface area contributed by atoms with Crippen molar-refractivity contribution < 1.29 is 9.90 Å². The van der Waals surface area contributed by atoms with Crippen molar-refractivity contribution in [3.8, 4) is 0 Å². The number of hydrogen-bond acceptors (Lipinski definition) is 3. The van der Waals surface area contributed by atoms with Crippen LogP contribution >= 0.6 is 0 Å². The molecule has 0 spiro atoms. The van der Waals surface area contributed by atoms with E-state index < -0.39 is 0 Å². The third-order valence-electron chi connectivity index (χ3n) is 5.25. The van der Waals surface area contributed by atoms with E-state index in [4.69, 9.17) is 0 Å². The van der Waals surface area contributed by atoms with Gasteiger partial charge in [0.25, 0.3) is 0 Å². The monoisotopic (exact) mass is 349 g/mol. The van der Waals surface area contributed by atoms with Crippen LogP contribution < -0.4 is 5.32 Å².